The van der Waals surface area contributed by atoms with E-state index in [0.717, 1.165) is 0 Å². The monoisotopic (exact) mass is 197 g/mol. The standard InChI is InChI=1S/C13H27N/c1-4-7-11-14-12-8-10-13(14,6-3)9-5-2/h4-12H2,1-3H3. The van der Waals surface area contributed by atoms with Crippen molar-refractivity contribution >= 4 is 0 Å². The van der Waals surface area contributed by atoms with E-state index in [1.165, 1.54) is 58.0 Å². The largest absolute Gasteiger partial charge is 0.298 e. The van der Waals surface area contributed by atoms with E-state index in [0.29, 0.717) is 5.54 Å². The van der Waals surface area contributed by atoms with Crippen LogP contribution in [0, 0.1) is 0 Å². The first kappa shape index (κ1) is 12.0. The highest BCUT2D eigenvalue weighted by Gasteiger charge is 2.37. The second-order valence-corrected chi connectivity index (χ2v) is 4.77. The summed E-state index contributed by atoms with van der Waals surface area (Å²) in [5, 5.41) is 0. The molecule has 1 rings (SSSR count). The van der Waals surface area contributed by atoms with Crippen molar-refractivity contribution in [1.82, 2.24) is 4.90 Å². The van der Waals surface area contributed by atoms with Crippen LogP contribution in [0.2, 0.25) is 0 Å². The predicted molar refractivity (Wildman–Crippen MR) is 63.6 cm³/mol. The van der Waals surface area contributed by atoms with Crippen LogP contribution < -0.4 is 0 Å². The Bertz CT molecular complexity index is 155. The van der Waals surface area contributed by atoms with E-state index in [1.807, 2.05) is 0 Å². The molecule has 1 unspecified atom stereocenters. The molecule has 1 aliphatic rings. The van der Waals surface area contributed by atoms with Crippen molar-refractivity contribution < 1.29 is 0 Å². The minimum atomic E-state index is 0.587. The summed E-state index contributed by atoms with van der Waals surface area (Å²) < 4.78 is 0. The Hall–Kier alpha value is -0.0400. The number of rotatable bonds is 6. The van der Waals surface area contributed by atoms with Crippen LogP contribution in [-0.4, -0.2) is 23.5 Å². The highest BCUT2D eigenvalue weighted by molar-refractivity contribution is 4.94. The average Bonchev–Trinajstić information content (AvgIpc) is 2.59. The molecule has 0 aliphatic carbocycles. The molecule has 0 N–H and O–H groups in total. The van der Waals surface area contributed by atoms with Crippen LogP contribution in [0.5, 0.6) is 0 Å². The molecular formula is C13H27N. The Kier molecular flexibility index (Phi) is 4.94. The fourth-order valence-electron chi connectivity index (χ4n) is 3.02. The van der Waals surface area contributed by atoms with E-state index in [2.05, 4.69) is 25.7 Å². The van der Waals surface area contributed by atoms with Gasteiger partial charge in [-0.15, -0.1) is 0 Å². The van der Waals surface area contributed by atoms with E-state index in [4.69, 9.17) is 0 Å². The van der Waals surface area contributed by atoms with Gasteiger partial charge in [0.1, 0.15) is 0 Å². The Labute approximate surface area is 89.9 Å². The van der Waals surface area contributed by atoms with Crippen molar-refractivity contribution in [2.24, 2.45) is 0 Å². The van der Waals surface area contributed by atoms with Crippen LogP contribution in [0.15, 0.2) is 0 Å². The lowest BCUT2D eigenvalue weighted by atomic mass is 9.88. The molecule has 14 heavy (non-hydrogen) atoms. The molecule has 1 heterocycles. The molecule has 1 saturated heterocycles. The summed E-state index contributed by atoms with van der Waals surface area (Å²) in [6.07, 6.45) is 9.70. The average molecular weight is 197 g/mol. The zero-order valence-corrected chi connectivity index (χ0v) is 10.3. The Morgan fingerprint density at radius 1 is 1.14 bits per heavy atom. The van der Waals surface area contributed by atoms with E-state index in [9.17, 15) is 0 Å². The van der Waals surface area contributed by atoms with Crippen LogP contribution in [0.1, 0.15) is 65.7 Å². The van der Waals surface area contributed by atoms with Crippen LogP contribution in [-0.2, 0) is 0 Å². The second kappa shape index (κ2) is 5.75. The first-order chi connectivity index (χ1) is 6.79. The van der Waals surface area contributed by atoms with Crippen molar-refractivity contribution in [2.45, 2.75) is 71.3 Å². The van der Waals surface area contributed by atoms with Gasteiger partial charge < -0.3 is 0 Å². The molecule has 84 valence electrons. The molecular weight excluding hydrogens is 170 g/mol. The van der Waals surface area contributed by atoms with Crippen LogP contribution in [0.4, 0.5) is 0 Å². The molecule has 0 aromatic rings. The number of hydrogen-bond donors (Lipinski definition) is 0. The smallest absolute Gasteiger partial charge is 0.0207 e. The molecule has 0 saturated carbocycles. The van der Waals surface area contributed by atoms with Crippen molar-refractivity contribution in [3.05, 3.63) is 0 Å². The minimum Gasteiger partial charge on any atom is -0.298 e. The fourth-order valence-corrected chi connectivity index (χ4v) is 3.02. The predicted octanol–water partition coefficient (Wildman–Crippen LogP) is 3.83. The molecule has 0 amide bonds. The van der Waals surface area contributed by atoms with Gasteiger partial charge in [0.2, 0.25) is 0 Å². The van der Waals surface area contributed by atoms with E-state index in [-0.39, 0.29) is 0 Å². The normalized spacial score (nSPS) is 28.5. The molecule has 1 fully saturated rings. The van der Waals surface area contributed by atoms with E-state index in [1.54, 1.807) is 0 Å². The Morgan fingerprint density at radius 3 is 2.50 bits per heavy atom. The maximum atomic E-state index is 2.78. The molecule has 0 radical (unpaired) electrons. The molecule has 1 heteroatoms. The lowest BCUT2D eigenvalue weighted by molar-refractivity contribution is 0.118. The van der Waals surface area contributed by atoms with Crippen LogP contribution >= 0.6 is 0 Å². The number of hydrogen-bond acceptors (Lipinski definition) is 1. The van der Waals surface area contributed by atoms with Crippen LogP contribution in [0.25, 0.3) is 0 Å². The third-order valence-corrected chi connectivity index (χ3v) is 3.90. The van der Waals surface area contributed by atoms with Gasteiger partial charge in [-0.05, 0) is 45.2 Å². The topological polar surface area (TPSA) is 3.24 Å². The van der Waals surface area contributed by atoms with Gasteiger partial charge in [0.15, 0.2) is 0 Å². The van der Waals surface area contributed by atoms with Crippen molar-refractivity contribution in [3.63, 3.8) is 0 Å². The number of likely N-dealkylation sites (tertiary alicyclic amines) is 1. The van der Waals surface area contributed by atoms with Gasteiger partial charge >= 0.3 is 0 Å². The SMILES string of the molecule is CCCCN1CCCC1(CC)CCC. The zero-order valence-electron chi connectivity index (χ0n) is 10.3. The van der Waals surface area contributed by atoms with Crippen LogP contribution in [0.3, 0.4) is 0 Å². The van der Waals surface area contributed by atoms with Gasteiger partial charge in [0, 0.05) is 5.54 Å². The number of unbranched alkanes of at least 4 members (excludes halogenated alkanes) is 1. The van der Waals surface area contributed by atoms with Gasteiger partial charge in [-0.3, -0.25) is 4.90 Å². The molecule has 1 atom stereocenters. The molecule has 0 bridgehead atoms. The lowest BCUT2D eigenvalue weighted by Crippen LogP contribution is -2.43. The summed E-state index contributed by atoms with van der Waals surface area (Å²) in [4.78, 5) is 2.78. The summed E-state index contributed by atoms with van der Waals surface area (Å²) in [7, 11) is 0. The first-order valence-corrected chi connectivity index (χ1v) is 6.54. The van der Waals surface area contributed by atoms with Crippen molar-refractivity contribution in [2.75, 3.05) is 13.1 Å². The van der Waals surface area contributed by atoms with Gasteiger partial charge in [-0.1, -0.05) is 33.6 Å². The maximum Gasteiger partial charge on any atom is 0.0207 e. The second-order valence-electron chi connectivity index (χ2n) is 4.77. The molecule has 1 nitrogen and oxygen atoms in total. The highest BCUT2D eigenvalue weighted by atomic mass is 15.2. The third kappa shape index (κ3) is 2.50. The Balaban J connectivity index is 2.53. The minimum absolute atomic E-state index is 0.587. The van der Waals surface area contributed by atoms with E-state index >= 15 is 0 Å². The van der Waals surface area contributed by atoms with Gasteiger partial charge in [0.05, 0.1) is 0 Å². The van der Waals surface area contributed by atoms with Gasteiger partial charge in [-0.25, -0.2) is 0 Å². The summed E-state index contributed by atoms with van der Waals surface area (Å²) >= 11 is 0. The van der Waals surface area contributed by atoms with E-state index < -0.39 is 0 Å². The van der Waals surface area contributed by atoms with Crippen molar-refractivity contribution in [3.8, 4) is 0 Å². The number of nitrogens with zero attached hydrogens (tertiary/aromatic N) is 1. The molecule has 0 aromatic heterocycles. The lowest BCUT2D eigenvalue weighted by Gasteiger charge is -2.38. The maximum absolute atomic E-state index is 2.78. The Morgan fingerprint density at radius 2 is 1.93 bits per heavy atom. The van der Waals surface area contributed by atoms with Gasteiger partial charge in [0.25, 0.3) is 0 Å². The molecule has 0 spiro atoms. The molecule has 0 aromatic carbocycles. The molecule has 1 aliphatic heterocycles. The highest BCUT2D eigenvalue weighted by Crippen LogP contribution is 2.36. The fraction of sp³-hybridized carbons (Fsp3) is 1.00. The quantitative estimate of drug-likeness (QED) is 0.625. The summed E-state index contributed by atoms with van der Waals surface area (Å²) in [6, 6.07) is 0. The summed E-state index contributed by atoms with van der Waals surface area (Å²) in [5.74, 6) is 0. The third-order valence-electron chi connectivity index (χ3n) is 3.90. The van der Waals surface area contributed by atoms with Crippen molar-refractivity contribution in [1.29, 1.82) is 0 Å². The first-order valence-electron chi connectivity index (χ1n) is 6.54. The summed E-state index contributed by atoms with van der Waals surface area (Å²) in [6.45, 7) is 9.69. The van der Waals surface area contributed by atoms with Gasteiger partial charge in [-0.2, -0.15) is 0 Å². The summed E-state index contributed by atoms with van der Waals surface area (Å²) in [5.41, 5.74) is 0.587. The zero-order chi connectivity index (χ0) is 10.4.